The number of hydrogen-bond acceptors (Lipinski definition) is 3. The van der Waals surface area contributed by atoms with Crippen molar-refractivity contribution < 1.29 is 22.8 Å². The molecular formula is C22H26F3N3O2. The second-order valence-electron chi connectivity index (χ2n) is 7.04. The number of rotatable bonds is 9. The molecule has 0 aromatic heterocycles. The van der Waals surface area contributed by atoms with E-state index in [1.165, 1.54) is 24.3 Å². The average molecular weight is 421 g/mol. The zero-order chi connectivity index (χ0) is 22.1. The lowest BCUT2D eigenvalue weighted by Crippen LogP contribution is -2.40. The van der Waals surface area contributed by atoms with Crippen LogP contribution in [0.3, 0.4) is 0 Å². The predicted octanol–water partition coefficient (Wildman–Crippen LogP) is 4.18. The van der Waals surface area contributed by atoms with Crippen molar-refractivity contribution >= 4 is 17.5 Å². The monoisotopic (exact) mass is 421 g/mol. The number of benzene rings is 2. The summed E-state index contributed by atoms with van der Waals surface area (Å²) in [6.07, 6.45) is -3.81. The van der Waals surface area contributed by atoms with E-state index in [0.717, 1.165) is 12.0 Å². The predicted molar refractivity (Wildman–Crippen MR) is 110 cm³/mol. The molecule has 2 rings (SSSR count). The minimum Gasteiger partial charge on any atom is -0.351 e. The van der Waals surface area contributed by atoms with Gasteiger partial charge in [-0.3, -0.25) is 14.9 Å². The highest BCUT2D eigenvalue weighted by Gasteiger charge is 2.40. The summed E-state index contributed by atoms with van der Waals surface area (Å²) in [5.74, 6) is -0.776. The Bertz CT molecular complexity index is 841. The fourth-order valence-electron chi connectivity index (χ4n) is 2.74. The summed E-state index contributed by atoms with van der Waals surface area (Å²) in [7, 11) is 0. The molecule has 2 aromatic carbocycles. The molecule has 0 aliphatic carbocycles. The Morgan fingerprint density at radius 2 is 1.73 bits per heavy atom. The van der Waals surface area contributed by atoms with Crippen LogP contribution >= 0.6 is 0 Å². The molecular weight excluding hydrogens is 395 g/mol. The number of nitrogens with one attached hydrogen (secondary N) is 3. The van der Waals surface area contributed by atoms with Gasteiger partial charge in [-0.15, -0.1) is 0 Å². The molecule has 0 heterocycles. The first-order valence-electron chi connectivity index (χ1n) is 9.72. The summed E-state index contributed by atoms with van der Waals surface area (Å²) in [5, 5.41) is 7.67. The molecule has 0 fully saturated rings. The molecule has 8 heteroatoms. The minimum atomic E-state index is -4.52. The third-order valence-corrected chi connectivity index (χ3v) is 4.67. The van der Waals surface area contributed by atoms with Crippen molar-refractivity contribution in [1.29, 1.82) is 0 Å². The van der Waals surface area contributed by atoms with Crippen LogP contribution in [0, 0.1) is 5.92 Å². The van der Waals surface area contributed by atoms with Crippen LogP contribution in [0.1, 0.15) is 37.4 Å². The Balaban J connectivity index is 1.90. The van der Waals surface area contributed by atoms with E-state index in [-0.39, 0.29) is 23.9 Å². The average Bonchev–Trinajstić information content (AvgIpc) is 2.71. The topological polar surface area (TPSA) is 70.2 Å². The van der Waals surface area contributed by atoms with Gasteiger partial charge < -0.3 is 10.6 Å². The SMILES string of the molecule is CCC(C)C(=O)Nc1cccc(CNC(=O)CNC(c2ccccc2)C(F)(F)F)c1. The van der Waals surface area contributed by atoms with Gasteiger partial charge in [0.05, 0.1) is 6.54 Å². The Labute approximate surface area is 174 Å². The van der Waals surface area contributed by atoms with Crippen molar-refractivity contribution in [3.63, 3.8) is 0 Å². The lowest BCUT2D eigenvalue weighted by molar-refractivity contribution is -0.158. The highest BCUT2D eigenvalue weighted by atomic mass is 19.4. The molecule has 5 nitrogen and oxygen atoms in total. The summed E-state index contributed by atoms with van der Waals surface area (Å²) >= 11 is 0. The smallest absolute Gasteiger partial charge is 0.351 e. The van der Waals surface area contributed by atoms with Gasteiger partial charge in [-0.25, -0.2) is 0 Å². The Morgan fingerprint density at radius 1 is 1.03 bits per heavy atom. The molecule has 0 saturated heterocycles. The van der Waals surface area contributed by atoms with Gasteiger partial charge in [0.2, 0.25) is 11.8 Å². The van der Waals surface area contributed by atoms with E-state index in [0.29, 0.717) is 5.69 Å². The number of hydrogen-bond donors (Lipinski definition) is 3. The number of carbonyl (C=O) groups excluding carboxylic acids is 2. The Hall–Kier alpha value is -2.87. The van der Waals surface area contributed by atoms with E-state index in [4.69, 9.17) is 0 Å². The quantitative estimate of drug-likeness (QED) is 0.569. The minimum absolute atomic E-state index is 0.0440. The Kier molecular flexibility index (Phi) is 8.41. The Morgan fingerprint density at radius 3 is 2.37 bits per heavy atom. The molecule has 0 bridgehead atoms. The van der Waals surface area contributed by atoms with Crippen molar-refractivity contribution in [2.45, 2.75) is 39.0 Å². The van der Waals surface area contributed by atoms with Crippen LogP contribution in [-0.2, 0) is 16.1 Å². The fraction of sp³-hybridized carbons (Fsp3) is 0.364. The van der Waals surface area contributed by atoms with Gasteiger partial charge >= 0.3 is 6.18 Å². The van der Waals surface area contributed by atoms with Crippen LogP contribution in [0.2, 0.25) is 0 Å². The molecule has 2 atom stereocenters. The number of alkyl halides is 3. The summed E-state index contributed by atoms with van der Waals surface area (Å²) in [6.45, 7) is 3.40. The number of anilines is 1. The van der Waals surface area contributed by atoms with Crippen molar-refractivity contribution in [2.75, 3.05) is 11.9 Å². The lowest BCUT2D eigenvalue weighted by atomic mass is 10.1. The fourth-order valence-corrected chi connectivity index (χ4v) is 2.74. The largest absolute Gasteiger partial charge is 0.407 e. The molecule has 0 radical (unpaired) electrons. The van der Waals surface area contributed by atoms with E-state index in [9.17, 15) is 22.8 Å². The number of amides is 2. The molecule has 3 N–H and O–H groups in total. The summed E-state index contributed by atoms with van der Waals surface area (Å²) in [4.78, 5) is 24.0. The van der Waals surface area contributed by atoms with E-state index >= 15 is 0 Å². The molecule has 2 unspecified atom stereocenters. The second-order valence-corrected chi connectivity index (χ2v) is 7.04. The summed E-state index contributed by atoms with van der Waals surface area (Å²) < 4.78 is 39.9. The van der Waals surface area contributed by atoms with Gasteiger partial charge in [-0.1, -0.05) is 56.3 Å². The molecule has 0 aliphatic rings. The van der Waals surface area contributed by atoms with Crippen molar-refractivity contribution in [1.82, 2.24) is 10.6 Å². The molecule has 2 amide bonds. The maximum absolute atomic E-state index is 13.3. The van der Waals surface area contributed by atoms with Crippen LogP contribution < -0.4 is 16.0 Å². The van der Waals surface area contributed by atoms with Gasteiger partial charge in [-0.2, -0.15) is 13.2 Å². The lowest BCUT2D eigenvalue weighted by Gasteiger charge is -2.22. The van der Waals surface area contributed by atoms with Crippen LogP contribution in [0.15, 0.2) is 54.6 Å². The van der Waals surface area contributed by atoms with E-state index in [2.05, 4.69) is 16.0 Å². The third-order valence-electron chi connectivity index (χ3n) is 4.67. The molecule has 0 saturated carbocycles. The molecule has 0 spiro atoms. The second kappa shape index (κ2) is 10.8. The van der Waals surface area contributed by atoms with Gasteiger partial charge in [-0.05, 0) is 29.7 Å². The first kappa shape index (κ1) is 23.4. The maximum atomic E-state index is 13.3. The number of carbonyl (C=O) groups is 2. The van der Waals surface area contributed by atoms with E-state index < -0.39 is 24.7 Å². The van der Waals surface area contributed by atoms with Gasteiger partial charge in [0.25, 0.3) is 0 Å². The molecule has 162 valence electrons. The molecule has 30 heavy (non-hydrogen) atoms. The maximum Gasteiger partial charge on any atom is 0.407 e. The van der Waals surface area contributed by atoms with Gasteiger partial charge in [0, 0.05) is 18.2 Å². The zero-order valence-electron chi connectivity index (χ0n) is 16.9. The highest BCUT2D eigenvalue weighted by molar-refractivity contribution is 5.92. The van der Waals surface area contributed by atoms with E-state index in [1.54, 1.807) is 30.3 Å². The first-order valence-corrected chi connectivity index (χ1v) is 9.72. The zero-order valence-corrected chi connectivity index (χ0v) is 16.9. The first-order chi connectivity index (χ1) is 14.2. The van der Waals surface area contributed by atoms with Gasteiger partial charge in [0.1, 0.15) is 6.04 Å². The normalized spacial score (nSPS) is 13.4. The van der Waals surface area contributed by atoms with Crippen molar-refractivity contribution in [2.24, 2.45) is 5.92 Å². The van der Waals surface area contributed by atoms with E-state index in [1.807, 2.05) is 13.8 Å². The molecule has 2 aromatic rings. The highest BCUT2D eigenvalue weighted by Crippen LogP contribution is 2.32. The van der Waals surface area contributed by atoms with Crippen molar-refractivity contribution in [3.8, 4) is 0 Å². The summed E-state index contributed by atoms with van der Waals surface area (Å²) in [5.41, 5.74) is 1.37. The van der Waals surface area contributed by atoms with Crippen molar-refractivity contribution in [3.05, 3.63) is 65.7 Å². The van der Waals surface area contributed by atoms with Gasteiger partial charge in [0.15, 0.2) is 0 Å². The summed E-state index contributed by atoms with van der Waals surface area (Å²) in [6, 6.07) is 12.4. The van der Waals surface area contributed by atoms with Crippen LogP contribution in [0.25, 0.3) is 0 Å². The standard InChI is InChI=1S/C22H26F3N3O2/c1-3-15(2)21(30)28-18-11-7-8-16(12-18)13-26-19(29)14-27-20(22(23,24)25)17-9-5-4-6-10-17/h4-12,15,20,27H,3,13-14H2,1-2H3,(H,26,29)(H,28,30). The molecule has 0 aliphatic heterocycles. The van der Waals surface area contributed by atoms with Crippen LogP contribution in [0.5, 0.6) is 0 Å². The van der Waals surface area contributed by atoms with Crippen LogP contribution in [0.4, 0.5) is 18.9 Å². The van der Waals surface area contributed by atoms with Crippen LogP contribution in [-0.4, -0.2) is 24.5 Å². The number of halogens is 3. The third kappa shape index (κ3) is 7.18.